The number of aromatic amines is 2. The van der Waals surface area contributed by atoms with Crippen LogP contribution < -0.4 is 0 Å². The van der Waals surface area contributed by atoms with Gasteiger partial charge in [0.05, 0.1) is 22.1 Å². The largest absolute Gasteiger partial charge is 0.390 e. The van der Waals surface area contributed by atoms with Crippen molar-refractivity contribution in [2.24, 2.45) is 0 Å². The van der Waals surface area contributed by atoms with E-state index in [1.807, 2.05) is 60.9 Å². The minimum Gasteiger partial charge on any atom is -0.390 e. The van der Waals surface area contributed by atoms with E-state index in [9.17, 15) is 0 Å². The molecule has 0 saturated heterocycles. The minimum atomic E-state index is 1.06. The number of nitrogens with one attached hydrogen (secondary N) is 2. The van der Waals surface area contributed by atoms with Crippen LogP contribution in [-0.4, -0.2) is 22.4 Å². The number of hydrogen-bond acceptors (Lipinski definition) is 0. The summed E-state index contributed by atoms with van der Waals surface area (Å²) in [4.78, 5) is 6.72. The third-order valence-corrected chi connectivity index (χ3v) is 3.76. The zero-order valence-corrected chi connectivity index (χ0v) is 13.7. The quantitative estimate of drug-likeness (QED) is 0.583. The highest BCUT2D eigenvalue weighted by molar-refractivity contribution is 6.14. The van der Waals surface area contributed by atoms with Crippen molar-refractivity contribution in [2.45, 2.75) is 0 Å². The van der Waals surface area contributed by atoms with E-state index >= 15 is 0 Å². The first kappa shape index (κ1) is 15.7. The van der Waals surface area contributed by atoms with E-state index in [0.717, 1.165) is 22.1 Å². The fourth-order valence-corrected chi connectivity index (χ4v) is 2.55. The standard InChI is InChI=1S/C20H20BN3/c21-24-19-13-7-5-11-17(19)22-15-9-3-1-2-4-10-16-23-18-12-6-8-14-20(18)24/h1-16,22-23H,21H2. The van der Waals surface area contributed by atoms with Gasteiger partial charge in [0, 0.05) is 12.4 Å². The van der Waals surface area contributed by atoms with Gasteiger partial charge in [0.2, 0.25) is 7.98 Å². The molecule has 118 valence electrons. The second-order valence-electron chi connectivity index (χ2n) is 5.37. The van der Waals surface area contributed by atoms with Crippen LogP contribution in [0.15, 0.2) is 97.3 Å². The first-order valence-electron chi connectivity index (χ1n) is 7.96. The number of H-pyrrole nitrogens is 2. The van der Waals surface area contributed by atoms with E-state index in [0.29, 0.717) is 0 Å². The van der Waals surface area contributed by atoms with Crippen LogP contribution in [0.2, 0.25) is 0 Å². The van der Waals surface area contributed by atoms with Crippen molar-refractivity contribution in [3.05, 3.63) is 97.3 Å². The molecule has 24 heavy (non-hydrogen) atoms. The molecule has 0 atom stereocenters. The Kier molecular flexibility index (Phi) is 5.20. The van der Waals surface area contributed by atoms with Crippen LogP contribution in [0, 0.1) is 0 Å². The van der Waals surface area contributed by atoms with Gasteiger partial charge in [-0.1, -0.05) is 48.5 Å². The molecule has 3 nitrogen and oxygen atoms in total. The SMILES string of the molecule is Bn1c2ccccc2[nH]cccccccc[nH]c2ccccc21. The molecule has 4 heteroatoms. The van der Waals surface area contributed by atoms with Gasteiger partial charge in [0.1, 0.15) is 0 Å². The molecule has 1 heterocycles. The Morgan fingerprint density at radius 3 is 1.46 bits per heavy atom. The van der Waals surface area contributed by atoms with E-state index < -0.39 is 0 Å². The summed E-state index contributed by atoms with van der Waals surface area (Å²) >= 11 is 0. The van der Waals surface area contributed by atoms with Crippen LogP contribution >= 0.6 is 0 Å². The maximum absolute atomic E-state index is 3.36. The molecule has 0 aliphatic heterocycles. The van der Waals surface area contributed by atoms with Crippen LogP contribution in [0.1, 0.15) is 0 Å². The van der Waals surface area contributed by atoms with Gasteiger partial charge in [-0.15, -0.1) is 0 Å². The van der Waals surface area contributed by atoms with Gasteiger partial charge in [-0.2, -0.15) is 0 Å². The number of fused-ring (bicyclic) bond motifs is 2. The summed E-state index contributed by atoms with van der Waals surface area (Å²) in [7, 11) is 2.08. The number of para-hydroxylation sites is 4. The van der Waals surface area contributed by atoms with E-state index in [4.69, 9.17) is 0 Å². The Morgan fingerprint density at radius 1 is 0.542 bits per heavy atom. The normalized spacial score (nSPS) is 9.83. The molecule has 2 N–H and O–H groups in total. The minimum absolute atomic E-state index is 1.06. The maximum Gasteiger partial charge on any atom is 0.223 e. The molecule has 1 aromatic heterocycles. The number of nitrogens with zero attached hydrogens (tertiary/aromatic N) is 1. The van der Waals surface area contributed by atoms with Crippen molar-refractivity contribution >= 4 is 30.0 Å². The molecule has 0 spiro atoms. The average Bonchev–Trinajstić information content (AvgIpc) is 2.63. The van der Waals surface area contributed by atoms with E-state index in [1.165, 1.54) is 0 Å². The van der Waals surface area contributed by atoms with Gasteiger partial charge in [0.15, 0.2) is 0 Å². The van der Waals surface area contributed by atoms with Crippen molar-refractivity contribution in [1.29, 1.82) is 0 Å². The zero-order chi connectivity index (χ0) is 16.6. The molecule has 0 unspecified atom stereocenters. The van der Waals surface area contributed by atoms with E-state index in [1.54, 1.807) is 0 Å². The predicted molar refractivity (Wildman–Crippen MR) is 105 cm³/mol. The number of hydrogen-bond donors (Lipinski definition) is 2. The Morgan fingerprint density at radius 2 is 0.958 bits per heavy atom. The van der Waals surface area contributed by atoms with Crippen molar-refractivity contribution < 1.29 is 0 Å². The summed E-state index contributed by atoms with van der Waals surface area (Å²) in [5, 5.41) is 0. The molecule has 0 aliphatic rings. The second-order valence-corrected chi connectivity index (χ2v) is 5.37. The van der Waals surface area contributed by atoms with Gasteiger partial charge < -0.3 is 14.4 Å². The zero-order valence-electron chi connectivity index (χ0n) is 13.7. The topological polar surface area (TPSA) is 36.5 Å². The monoisotopic (exact) mass is 313 g/mol. The van der Waals surface area contributed by atoms with Crippen molar-refractivity contribution in [2.75, 3.05) is 0 Å². The highest BCUT2D eigenvalue weighted by atomic mass is 14.9. The molecule has 0 fully saturated rings. The molecular formula is C20H20BN3. The van der Waals surface area contributed by atoms with E-state index in [-0.39, 0.29) is 0 Å². The molecule has 3 rings (SSSR count). The average molecular weight is 313 g/mol. The molecule has 2 aromatic carbocycles. The third kappa shape index (κ3) is 3.79. The third-order valence-electron chi connectivity index (χ3n) is 3.76. The number of benzene rings is 2. The molecule has 3 aromatic rings. The molecule has 0 aliphatic carbocycles. The first-order valence-corrected chi connectivity index (χ1v) is 7.96. The van der Waals surface area contributed by atoms with Crippen LogP contribution in [0.25, 0.3) is 22.1 Å². The van der Waals surface area contributed by atoms with Crippen LogP contribution in [0.3, 0.4) is 0 Å². The molecule has 0 saturated carbocycles. The highest BCUT2D eigenvalue weighted by Crippen LogP contribution is 2.12. The van der Waals surface area contributed by atoms with Crippen molar-refractivity contribution in [3.63, 3.8) is 0 Å². The highest BCUT2D eigenvalue weighted by Gasteiger charge is 1.95. The number of aromatic nitrogens is 3. The maximum atomic E-state index is 3.36. The Labute approximate surface area is 142 Å². The summed E-state index contributed by atoms with van der Waals surface area (Å²) in [6.45, 7) is 0. The van der Waals surface area contributed by atoms with Crippen molar-refractivity contribution in [1.82, 2.24) is 14.4 Å². The first-order chi connectivity index (χ1) is 11.9. The lowest BCUT2D eigenvalue weighted by atomic mass is 10.2. The lowest BCUT2D eigenvalue weighted by molar-refractivity contribution is 1.32. The predicted octanol–water partition coefficient (Wildman–Crippen LogP) is 4.22. The van der Waals surface area contributed by atoms with Crippen LogP contribution in [0.4, 0.5) is 0 Å². The van der Waals surface area contributed by atoms with Crippen LogP contribution in [-0.2, 0) is 0 Å². The summed E-state index contributed by atoms with van der Waals surface area (Å²) in [5.74, 6) is 0. The van der Waals surface area contributed by atoms with Gasteiger partial charge in [0.25, 0.3) is 0 Å². The number of rotatable bonds is 0. The van der Waals surface area contributed by atoms with E-state index in [2.05, 4.69) is 58.8 Å². The van der Waals surface area contributed by atoms with Crippen LogP contribution in [0.5, 0.6) is 0 Å². The van der Waals surface area contributed by atoms with Crippen molar-refractivity contribution in [3.8, 4) is 0 Å². The fraction of sp³-hybridized carbons (Fsp3) is 0. The fourth-order valence-electron chi connectivity index (χ4n) is 2.55. The molecule has 0 radical (unpaired) electrons. The lowest BCUT2D eigenvalue weighted by Crippen LogP contribution is -1.96. The summed E-state index contributed by atoms with van der Waals surface area (Å²) in [5.41, 5.74) is 4.33. The Balaban J connectivity index is 2.48. The molecule has 0 amide bonds. The van der Waals surface area contributed by atoms with Gasteiger partial charge in [-0.05, 0) is 36.4 Å². The second kappa shape index (κ2) is 7.93. The summed E-state index contributed by atoms with van der Waals surface area (Å²) in [6.07, 6.45) is 3.88. The van der Waals surface area contributed by atoms with Gasteiger partial charge in [-0.25, -0.2) is 0 Å². The Bertz CT molecular complexity index is 914. The smallest absolute Gasteiger partial charge is 0.223 e. The Hall–Kier alpha value is -3.14. The molecular weight excluding hydrogens is 293 g/mol. The van der Waals surface area contributed by atoms with Gasteiger partial charge >= 0.3 is 0 Å². The molecule has 0 bridgehead atoms. The summed E-state index contributed by atoms with van der Waals surface area (Å²) < 4.78 is 2.18. The van der Waals surface area contributed by atoms with Gasteiger partial charge in [-0.3, -0.25) is 0 Å². The lowest BCUT2D eigenvalue weighted by Gasteiger charge is -2.06. The summed E-state index contributed by atoms with van der Waals surface area (Å²) in [6, 6.07) is 28.5.